The van der Waals surface area contributed by atoms with Gasteiger partial charge in [-0.1, -0.05) is 66.4 Å². The molecule has 1 amide bonds. The summed E-state index contributed by atoms with van der Waals surface area (Å²) >= 11 is 13.4. The molecule has 0 unspecified atom stereocenters. The second-order valence-electron chi connectivity index (χ2n) is 8.00. The Balaban J connectivity index is 1.47. The molecule has 9 heteroatoms. The summed E-state index contributed by atoms with van der Waals surface area (Å²) in [6, 6.07) is 15.3. The van der Waals surface area contributed by atoms with Crippen molar-refractivity contribution in [1.82, 2.24) is 20.2 Å². The smallest absolute Gasteiger partial charge is 0.250 e. The van der Waals surface area contributed by atoms with Crippen LogP contribution in [0.25, 0.3) is 11.4 Å². The lowest BCUT2D eigenvalue weighted by atomic mass is 9.95. The lowest BCUT2D eigenvalue weighted by Gasteiger charge is -2.25. The molecule has 1 aromatic heterocycles. The first-order valence-corrected chi connectivity index (χ1v) is 12.7. The molecule has 3 aromatic rings. The summed E-state index contributed by atoms with van der Waals surface area (Å²) in [6.07, 6.45) is 5.80. The number of carbonyl (C=O) groups is 1. The van der Waals surface area contributed by atoms with Crippen LogP contribution < -0.4 is 5.43 Å². The Bertz CT molecular complexity index is 1120. The highest BCUT2D eigenvalue weighted by atomic mass is 35.5. The fraction of sp³-hybridized carbons (Fsp3) is 0.333. The molecule has 0 atom stereocenters. The van der Waals surface area contributed by atoms with Crippen molar-refractivity contribution in [3.63, 3.8) is 0 Å². The highest BCUT2D eigenvalue weighted by molar-refractivity contribution is 7.99. The molecular formula is C24H25Cl2N5OS. The van der Waals surface area contributed by atoms with Crippen LogP contribution >= 0.6 is 35.0 Å². The van der Waals surface area contributed by atoms with E-state index in [1.54, 1.807) is 12.1 Å². The van der Waals surface area contributed by atoms with Crippen molar-refractivity contribution in [2.45, 2.75) is 50.2 Å². The number of thioether (sulfide) groups is 1. The van der Waals surface area contributed by atoms with Crippen molar-refractivity contribution in [3.05, 3.63) is 64.1 Å². The van der Waals surface area contributed by atoms with E-state index in [-0.39, 0.29) is 11.7 Å². The highest BCUT2D eigenvalue weighted by Crippen LogP contribution is 2.35. The van der Waals surface area contributed by atoms with Crippen LogP contribution in [-0.2, 0) is 4.79 Å². The molecule has 1 fully saturated rings. The van der Waals surface area contributed by atoms with Crippen LogP contribution in [0.15, 0.2) is 58.8 Å². The Kier molecular flexibility index (Phi) is 8.06. The van der Waals surface area contributed by atoms with E-state index in [9.17, 15) is 4.79 Å². The fourth-order valence-corrected chi connectivity index (χ4v) is 4.95. The molecule has 1 heterocycles. The first kappa shape index (κ1) is 23.8. The number of amides is 1. The number of aromatic nitrogens is 3. The van der Waals surface area contributed by atoms with E-state index in [2.05, 4.69) is 25.3 Å². The fourth-order valence-electron chi connectivity index (χ4n) is 3.90. The van der Waals surface area contributed by atoms with Crippen molar-refractivity contribution in [1.29, 1.82) is 0 Å². The van der Waals surface area contributed by atoms with Crippen molar-refractivity contribution < 1.29 is 4.79 Å². The molecule has 4 rings (SSSR count). The van der Waals surface area contributed by atoms with Gasteiger partial charge in [0.1, 0.15) is 0 Å². The molecule has 0 spiro atoms. The number of carbonyl (C=O) groups excluding carboxylic acids is 1. The maximum Gasteiger partial charge on any atom is 0.250 e. The minimum atomic E-state index is -0.195. The van der Waals surface area contributed by atoms with E-state index in [1.807, 2.05) is 43.3 Å². The standard InChI is InChI=1S/C24H25Cl2N5OS/c1-16(17-7-11-19(25)12-8-17)27-28-22(32)15-33-24-30-29-23(18-9-13-20(26)14-10-18)31(24)21-5-3-2-4-6-21/h7-14,21H,2-6,15H2,1H3,(H,28,32). The maximum absolute atomic E-state index is 12.5. The second-order valence-corrected chi connectivity index (χ2v) is 9.82. The number of rotatable bonds is 7. The predicted octanol–water partition coefficient (Wildman–Crippen LogP) is 6.39. The van der Waals surface area contributed by atoms with Crippen molar-refractivity contribution >= 4 is 46.6 Å². The summed E-state index contributed by atoms with van der Waals surface area (Å²) in [5.74, 6) is 0.820. The zero-order valence-electron chi connectivity index (χ0n) is 18.3. The Morgan fingerprint density at radius 3 is 2.33 bits per heavy atom. The molecule has 0 bridgehead atoms. The van der Waals surface area contributed by atoms with E-state index in [0.717, 1.165) is 34.9 Å². The van der Waals surface area contributed by atoms with E-state index in [0.29, 0.717) is 21.8 Å². The Labute approximate surface area is 207 Å². The summed E-state index contributed by atoms with van der Waals surface area (Å²) < 4.78 is 2.20. The molecule has 1 N–H and O–H groups in total. The van der Waals surface area contributed by atoms with Crippen LogP contribution in [0.4, 0.5) is 0 Å². The van der Waals surface area contributed by atoms with Gasteiger partial charge in [-0.2, -0.15) is 5.10 Å². The van der Waals surface area contributed by atoms with Crippen molar-refractivity contribution in [2.75, 3.05) is 5.75 Å². The van der Waals surface area contributed by atoms with Gasteiger partial charge in [-0.3, -0.25) is 9.36 Å². The molecule has 33 heavy (non-hydrogen) atoms. The first-order valence-electron chi connectivity index (χ1n) is 10.9. The van der Waals surface area contributed by atoms with Gasteiger partial charge in [-0.15, -0.1) is 10.2 Å². The molecule has 0 aliphatic heterocycles. The quantitative estimate of drug-likeness (QED) is 0.231. The lowest BCUT2D eigenvalue weighted by Crippen LogP contribution is -2.22. The normalized spacial score (nSPS) is 14.9. The van der Waals surface area contributed by atoms with Gasteiger partial charge in [-0.25, -0.2) is 5.43 Å². The second kappa shape index (κ2) is 11.2. The number of benzene rings is 2. The van der Waals surface area contributed by atoms with Gasteiger partial charge in [0, 0.05) is 21.7 Å². The van der Waals surface area contributed by atoms with E-state index in [4.69, 9.17) is 23.2 Å². The monoisotopic (exact) mass is 501 g/mol. The van der Waals surface area contributed by atoms with E-state index >= 15 is 0 Å². The van der Waals surface area contributed by atoms with Gasteiger partial charge in [0.25, 0.3) is 5.91 Å². The van der Waals surface area contributed by atoms with E-state index in [1.165, 1.54) is 31.0 Å². The van der Waals surface area contributed by atoms with Gasteiger partial charge in [-0.05, 0) is 61.7 Å². The molecule has 1 aliphatic rings. The number of hydrogen-bond donors (Lipinski definition) is 1. The average molecular weight is 502 g/mol. The zero-order valence-corrected chi connectivity index (χ0v) is 20.6. The third-order valence-electron chi connectivity index (χ3n) is 5.65. The summed E-state index contributed by atoms with van der Waals surface area (Å²) in [5.41, 5.74) is 5.21. The molecule has 2 aromatic carbocycles. The first-order chi connectivity index (χ1) is 16.0. The van der Waals surface area contributed by atoms with Gasteiger partial charge >= 0.3 is 0 Å². The summed E-state index contributed by atoms with van der Waals surface area (Å²) in [4.78, 5) is 12.5. The minimum Gasteiger partial charge on any atom is -0.299 e. The average Bonchev–Trinajstić information content (AvgIpc) is 3.26. The molecule has 0 saturated heterocycles. The van der Waals surface area contributed by atoms with Crippen molar-refractivity contribution in [3.8, 4) is 11.4 Å². The van der Waals surface area contributed by atoms with Crippen LogP contribution in [-0.4, -0.2) is 32.1 Å². The van der Waals surface area contributed by atoms with Gasteiger partial charge in [0.2, 0.25) is 0 Å². The Morgan fingerprint density at radius 1 is 1.03 bits per heavy atom. The number of halogens is 2. The van der Waals surface area contributed by atoms with Crippen molar-refractivity contribution in [2.24, 2.45) is 5.10 Å². The molecule has 1 saturated carbocycles. The van der Waals surface area contributed by atoms with Gasteiger partial charge < -0.3 is 0 Å². The highest BCUT2D eigenvalue weighted by Gasteiger charge is 2.24. The van der Waals surface area contributed by atoms with Crippen LogP contribution in [0.5, 0.6) is 0 Å². The number of hydrogen-bond acceptors (Lipinski definition) is 5. The third-order valence-corrected chi connectivity index (χ3v) is 7.10. The molecule has 172 valence electrons. The lowest BCUT2D eigenvalue weighted by molar-refractivity contribution is -0.118. The number of nitrogens with one attached hydrogen (secondary N) is 1. The maximum atomic E-state index is 12.5. The number of hydrazone groups is 1. The van der Waals surface area contributed by atoms with Gasteiger partial charge in [0.05, 0.1) is 11.5 Å². The molecule has 0 radical (unpaired) electrons. The Hall–Kier alpha value is -2.35. The largest absolute Gasteiger partial charge is 0.299 e. The molecule has 6 nitrogen and oxygen atoms in total. The number of nitrogens with zero attached hydrogens (tertiary/aromatic N) is 4. The van der Waals surface area contributed by atoms with Gasteiger partial charge in [0.15, 0.2) is 11.0 Å². The molecular weight excluding hydrogens is 477 g/mol. The van der Waals surface area contributed by atoms with Crippen LogP contribution in [0.3, 0.4) is 0 Å². The Morgan fingerprint density at radius 2 is 1.67 bits per heavy atom. The summed E-state index contributed by atoms with van der Waals surface area (Å²) in [6.45, 7) is 1.84. The third kappa shape index (κ3) is 6.16. The predicted molar refractivity (Wildman–Crippen MR) is 135 cm³/mol. The SMILES string of the molecule is CC(=NNC(=O)CSc1nnc(-c2ccc(Cl)cc2)n1C1CCCCC1)c1ccc(Cl)cc1. The van der Waals surface area contributed by atoms with E-state index < -0.39 is 0 Å². The summed E-state index contributed by atoms with van der Waals surface area (Å²) in [5, 5.41) is 15.2. The zero-order chi connectivity index (χ0) is 23.2. The van der Waals surface area contributed by atoms with Crippen LogP contribution in [0, 0.1) is 0 Å². The summed E-state index contributed by atoms with van der Waals surface area (Å²) in [7, 11) is 0. The van der Waals surface area contributed by atoms with Crippen LogP contribution in [0.2, 0.25) is 10.0 Å². The minimum absolute atomic E-state index is 0.195. The van der Waals surface area contributed by atoms with Crippen LogP contribution in [0.1, 0.15) is 50.6 Å². The topological polar surface area (TPSA) is 72.2 Å². The molecule has 1 aliphatic carbocycles.